The van der Waals surface area contributed by atoms with Gasteiger partial charge in [0.2, 0.25) is 0 Å². The summed E-state index contributed by atoms with van der Waals surface area (Å²) in [5.74, 6) is 0. The second-order valence-electron chi connectivity index (χ2n) is 5.40. The van der Waals surface area contributed by atoms with Crippen molar-refractivity contribution in [1.82, 2.24) is 20.3 Å². The fourth-order valence-electron chi connectivity index (χ4n) is 2.46. The maximum absolute atomic E-state index is 5.45. The van der Waals surface area contributed by atoms with Gasteiger partial charge in [-0.2, -0.15) is 0 Å². The molecule has 5 heteroatoms. The molecule has 1 N–H and O–H groups in total. The monoisotopic (exact) mass is 252 g/mol. The molecule has 2 rings (SSSR count). The number of hydrogen-bond acceptors (Lipinski definition) is 4. The summed E-state index contributed by atoms with van der Waals surface area (Å²) in [5, 5.41) is 11.8. The molecule has 1 aromatic rings. The molecular formula is C13H24N4O. The second kappa shape index (κ2) is 6.29. The molecule has 0 amide bonds. The van der Waals surface area contributed by atoms with Crippen LogP contribution >= 0.6 is 0 Å². The molecule has 1 heterocycles. The van der Waals surface area contributed by atoms with Crippen LogP contribution < -0.4 is 5.32 Å². The van der Waals surface area contributed by atoms with E-state index in [9.17, 15) is 0 Å². The van der Waals surface area contributed by atoms with Crippen molar-refractivity contribution < 1.29 is 4.74 Å². The van der Waals surface area contributed by atoms with Crippen LogP contribution in [0.1, 0.15) is 51.3 Å². The lowest BCUT2D eigenvalue weighted by Gasteiger charge is -2.27. The summed E-state index contributed by atoms with van der Waals surface area (Å²) in [6.45, 7) is 5.06. The number of hydrogen-bond donors (Lipinski definition) is 1. The molecule has 0 radical (unpaired) electrons. The highest BCUT2D eigenvalue weighted by molar-refractivity contribution is 4.94. The van der Waals surface area contributed by atoms with Gasteiger partial charge < -0.3 is 10.1 Å². The molecule has 1 aliphatic rings. The first-order valence-corrected chi connectivity index (χ1v) is 6.86. The highest BCUT2D eigenvalue weighted by Gasteiger charge is 2.23. The van der Waals surface area contributed by atoms with Crippen LogP contribution in [0.5, 0.6) is 0 Å². The van der Waals surface area contributed by atoms with Crippen molar-refractivity contribution in [2.45, 2.75) is 64.3 Å². The van der Waals surface area contributed by atoms with E-state index in [0.717, 1.165) is 18.7 Å². The molecule has 1 fully saturated rings. The number of rotatable bonds is 5. The Labute approximate surface area is 109 Å². The van der Waals surface area contributed by atoms with Gasteiger partial charge in [-0.05, 0) is 25.7 Å². The van der Waals surface area contributed by atoms with Crippen molar-refractivity contribution in [3.8, 4) is 0 Å². The Morgan fingerprint density at radius 1 is 1.50 bits per heavy atom. The lowest BCUT2D eigenvalue weighted by Crippen LogP contribution is -2.24. The van der Waals surface area contributed by atoms with Gasteiger partial charge in [-0.25, -0.2) is 4.68 Å². The molecule has 1 aliphatic carbocycles. The van der Waals surface area contributed by atoms with Crippen LogP contribution in [0.3, 0.4) is 0 Å². The van der Waals surface area contributed by atoms with E-state index in [2.05, 4.69) is 35.7 Å². The van der Waals surface area contributed by atoms with Gasteiger partial charge in [0.05, 0.1) is 24.0 Å². The van der Waals surface area contributed by atoms with E-state index in [1.54, 1.807) is 7.11 Å². The summed E-state index contributed by atoms with van der Waals surface area (Å²) in [6.07, 6.45) is 7.06. The largest absolute Gasteiger partial charge is 0.381 e. The molecule has 1 saturated carbocycles. The maximum atomic E-state index is 5.45. The van der Waals surface area contributed by atoms with Gasteiger partial charge in [-0.3, -0.25) is 0 Å². The Balaban J connectivity index is 1.92. The van der Waals surface area contributed by atoms with E-state index >= 15 is 0 Å². The molecular weight excluding hydrogens is 228 g/mol. The van der Waals surface area contributed by atoms with Gasteiger partial charge in [0.1, 0.15) is 0 Å². The molecule has 5 nitrogen and oxygen atoms in total. The van der Waals surface area contributed by atoms with Gasteiger partial charge in [-0.15, -0.1) is 5.10 Å². The minimum atomic E-state index is 0.380. The van der Waals surface area contributed by atoms with E-state index in [-0.39, 0.29) is 0 Å². The topological polar surface area (TPSA) is 52.0 Å². The maximum Gasteiger partial charge on any atom is 0.0965 e. The molecule has 1 aromatic heterocycles. The fourth-order valence-corrected chi connectivity index (χ4v) is 2.46. The van der Waals surface area contributed by atoms with Gasteiger partial charge in [0.15, 0.2) is 0 Å². The number of methoxy groups -OCH3 is 1. The average Bonchev–Trinajstić information content (AvgIpc) is 2.85. The summed E-state index contributed by atoms with van der Waals surface area (Å²) in [6, 6.07) is 0.923. The Morgan fingerprint density at radius 2 is 2.33 bits per heavy atom. The van der Waals surface area contributed by atoms with E-state index in [4.69, 9.17) is 4.74 Å². The van der Waals surface area contributed by atoms with E-state index < -0.39 is 0 Å². The minimum absolute atomic E-state index is 0.380. The number of aromatic nitrogens is 3. The lowest BCUT2D eigenvalue weighted by atomic mass is 9.93. The highest BCUT2D eigenvalue weighted by Crippen LogP contribution is 2.29. The van der Waals surface area contributed by atoms with Crippen LogP contribution in [0, 0.1) is 0 Å². The quantitative estimate of drug-likeness (QED) is 0.869. The molecule has 0 bridgehead atoms. The molecule has 0 saturated heterocycles. The number of ether oxygens (including phenoxy) is 1. The Morgan fingerprint density at radius 3 is 3.06 bits per heavy atom. The normalized spacial score (nSPS) is 24.7. The fraction of sp³-hybridized carbons (Fsp3) is 0.846. The molecule has 2 unspecified atom stereocenters. The zero-order chi connectivity index (χ0) is 13.0. The highest BCUT2D eigenvalue weighted by atomic mass is 16.5. The Bertz CT molecular complexity index is 364. The standard InChI is InChI=1S/C13H24N4O/c1-10(2)14-8-11-9-17(16-15-11)12-5-4-6-13(7-12)18-3/h9-10,12-14H,4-8H2,1-3H3. The van der Waals surface area contributed by atoms with E-state index in [1.165, 1.54) is 19.3 Å². The van der Waals surface area contributed by atoms with Crippen LogP contribution in [-0.4, -0.2) is 34.2 Å². The second-order valence-corrected chi connectivity index (χ2v) is 5.40. The van der Waals surface area contributed by atoms with E-state index in [1.807, 2.05) is 4.68 Å². The third kappa shape index (κ3) is 3.53. The first-order chi connectivity index (χ1) is 8.69. The molecule has 0 spiro atoms. The summed E-state index contributed by atoms with van der Waals surface area (Å²) in [5.41, 5.74) is 1.02. The van der Waals surface area contributed by atoms with Crippen LogP contribution in [0.25, 0.3) is 0 Å². The minimum Gasteiger partial charge on any atom is -0.381 e. The first kappa shape index (κ1) is 13.5. The average molecular weight is 252 g/mol. The van der Waals surface area contributed by atoms with Crippen LogP contribution in [0.15, 0.2) is 6.20 Å². The first-order valence-electron chi connectivity index (χ1n) is 6.86. The van der Waals surface area contributed by atoms with Crippen molar-refractivity contribution in [1.29, 1.82) is 0 Å². The number of nitrogens with one attached hydrogen (secondary N) is 1. The molecule has 102 valence electrons. The molecule has 2 atom stereocenters. The lowest BCUT2D eigenvalue weighted by molar-refractivity contribution is 0.0504. The zero-order valence-corrected chi connectivity index (χ0v) is 11.6. The smallest absolute Gasteiger partial charge is 0.0965 e. The predicted octanol–water partition coefficient (Wildman–Crippen LogP) is 1.91. The van der Waals surface area contributed by atoms with Crippen molar-refractivity contribution in [2.24, 2.45) is 0 Å². The van der Waals surface area contributed by atoms with Crippen molar-refractivity contribution >= 4 is 0 Å². The van der Waals surface area contributed by atoms with Crippen LogP contribution in [0.4, 0.5) is 0 Å². The predicted molar refractivity (Wildman–Crippen MR) is 70.3 cm³/mol. The SMILES string of the molecule is COC1CCCC(n2cc(CNC(C)C)nn2)C1. The summed E-state index contributed by atoms with van der Waals surface area (Å²) < 4.78 is 7.47. The number of nitrogens with zero attached hydrogens (tertiary/aromatic N) is 3. The van der Waals surface area contributed by atoms with Gasteiger partial charge >= 0.3 is 0 Å². The molecule has 0 aliphatic heterocycles. The molecule has 0 aromatic carbocycles. The Hall–Kier alpha value is -0.940. The summed E-state index contributed by atoms with van der Waals surface area (Å²) >= 11 is 0. The van der Waals surface area contributed by atoms with Gasteiger partial charge in [0.25, 0.3) is 0 Å². The van der Waals surface area contributed by atoms with Crippen molar-refractivity contribution in [2.75, 3.05) is 7.11 Å². The van der Waals surface area contributed by atoms with Gasteiger partial charge in [-0.1, -0.05) is 19.1 Å². The summed E-state index contributed by atoms with van der Waals surface area (Å²) in [7, 11) is 1.80. The summed E-state index contributed by atoms with van der Waals surface area (Å²) in [4.78, 5) is 0. The third-order valence-corrected chi connectivity index (χ3v) is 3.56. The van der Waals surface area contributed by atoms with Crippen molar-refractivity contribution in [3.05, 3.63) is 11.9 Å². The third-order valence-electron chi connectivity index (χ3n) is 3.56. The van der Waals surface area contributed by atoms with Gasteiger partial charge in [0, 0.05) is 19.7 Å². The Kier molecular flexibility index (Phi) is 4.72. The van der Waals surface area contributed by atoms with E-state index in [0.29, 0.717) is 18.2 Å². The zero-order valence-electron chi connectivity index (χ0n) is 11.6. The van der Waals surface area contributed by atoms with Crippen LogP contribution in [0.2, 0.25) is 0 Å². The van der Waals surface area contributed by atoms with Crippen LogP contribution in [-0.2, 0) is 11.3 Å². The van der Waals surface area contributed by atoms with Crippen molar-refractivity contribution in [3.63, 3.8) is 0 Å². The molecule has 18 heavy (non-hydrogen) atoms.